The molecule has 2 nitrogen and oxygen atoms in total. The van der Waals surface area contributed by atoms with E-state index in [0.717, 1.165) is 32.8 Å². The third-order valence-electron chi connectivity index (χ3n) is 3.20. The van der Waals surface area contributed by atoms with Gasteiger partial charge in [0.2, 0.25) is 0 Å². The maximum absolute atomic E-state index is 5.34. The van der Waals surface area contributed by atoms with Crippen LogP contribution in [0.5, 0.6) is 0 Å². The van der Waals surface area contributed by atoms with Gasteiger partial charge < -0.3 is 4.74 Å². The minimum Gasteiger partial charge on any atom is -0.379 e. The van der Waals surface area contributed by atoms with Gasteiger partial charge >= 0.3 is 0 Å². The maximum Gasteiger partial charge on any atom is 0.0594 e. The molecule has 0 spiro atoms. The second-order valence-electron chi connectivity index (χ2n) is 4.42. The fourth-order valence-electron chi connectivity index (χ4n) is 2.15. The molecule has 1 radical (unpaired) electrons. The van der Waals surface area contributed by atoms with Crippen LogP contribution in [0.4, 0.5) is 0 Å². The van der Waals surface area contributed by atoms with E-state index < -0.39 is 0 Å². The number of rotatable bonds is 3. The Balaban J connectivity index is 1.93. The second kappa shape index (κ2) is 5.46. The Kier molecular flexibility index (Phi) is 3.97. The van der Waals surface area contributed by atoms with Gasteiger partial charge in [-0.25, -0.2) is 0 Å². The lowest BCUT2D eigenvalue weighted by molar-refractivity contribution is 0.0421. The molecule has 1 aromatic carbocycles. The number of aryl methyl sites for hydroxylation is 2. The van der Waals surface area contributed by atoms with E-state index in [4.69, 9.17) is 4.74 Å². The van der Waals surface area contributed by atoms with Crippen molar-refractivity contribution in [2.45, 2.75) is 13.8 Å². The summed E-state index contributed by atoms with van der Waals surface area (Å²) in [6.45, 7) is 9.26. The molecule has 1 aliphatic heterocycles. The van der Waals surface area contributed by atoms with Crippen LogP contribution in [-0.2, 0) is 4.74 Å². The summed E-state index contributed by atoms with van der Waals surface area (Å²) in [5.41, 5.74) is 4.13. The molecule has 1 aliphatic rings. The number of morpholine rings is 1. The molecule has 0 bridgehead atoms. The van der Waals surface area contributed by atoms with Gasteiger partial charge in [0.05, 0.1) is 13.2 Å². The molecular weight excluding hydrogens is 198 g/mol. The van der Waals surface area contributed by atoms with Gasteiger partial charge in [-0.1, -0.05) is 18.2 Å². The monoisotopic (exact) mass is 218 g/mol. The third kappa shape index (κ3) is 2.83. The van der Waals surface area contributed by atoms with Crippen LogP contribution in [-0.4, -0.2) is 37.7 Å². The van der Waals surface area contributed by atoms with Crippen LogP contribution < -0.4 is 0 Å². The molecule has 0 amide bonds. The molecule has 0 atom stereocenters. The van der Waals surface area contributed by atoms with E-state index >= 15 is 0 Å². The molecule has 0 unspecified atom stereocenters. The number of nitrogens with zero attached hydrogens (tertiary/aromatic N) is 1. The van der Waals surface area contributed by atoms with Crippen LogP contribution in [0.2, 0.25) is 0 Å². The van der Waals surface area contributed by atoms with Crippen molar-refractivity contribution in [3.63, 3.8) is 0 Å². The quantitative estimate of drug-likeness (QED) is 0.771. The molecule has 0 N–H and O–H groups in total. The van der Waals surface area contributed by atoms with Crippen molar-refractivity contribution in [2.24, 2.45) is 0 Å². The van der Waals surface area contributed by atoms with E-state index in [1.807, 2.05) is 0 Å². The number of hydrogen-bond acceptors (Lipinski definition) is 2. The van der Waals surface area contributed by atoms with E-state index in [9.17, 15) is 0 Å². The predicted octanol–water partition coefficient (Wildman–Crippen LogP) is 2.19. The summed E-state index contributed by atoms with van der Waals surface area (Å²) in [6, 6.07) is 6.48. The van der Waals surface area contributed by atoms with Gasteiger partial charge in [0.15, 0.2) is 0 Å². The van der Waals surface area contributed by atoms with E-state index in [-0.39, 0.29) is 0 Å². The molecule has 2 heteroatoms. The minimum absolute atomic E-state index is 0.876. The van der Waals surface area contributed by atoms with Crippen molar-refractivity contribution in [1.29, 1.82) is 0 Å². The van der Waals surface area contributed by atoms with Crippen molar-refractivity contribution in [1.82, 2.24) is 4.90 Å². The van der Waals surface area contributed by atoms with Crippen LogP contribution in [0.3, 0.4) is 0 Å². The van der Waals surface area contributed by atoms with Crippen molar-refractivity contribution >= 4 is 0 Å². The van der Waals surface area contributed by atoms with E-state index in [0.29, 0.717) is 0 Å². The highest BCUT2D eigenvalue weighted by atomic mass is 16.5. The first kappa shape index (κ1) is 11.6. The largest absolute Gasteiger partial charge is 0.379 e. The Hall–Kier alpha value is -0.860. The lowest BCUT2D eigenvalue weighted by atomic mass is 10.00. The summed E-state index contributed by atoms with van der Waals surface area (Å²) in [5, 5.41) is 0. The Morgan fingerprint density at radius 1 is 1.19 bits per heavy atom. The lowest BCUT2D eigenvalue weighted by Gasteiger charge is -2.26. The third-order valence-corrected chi connectivity index (χ3v) is 3.20. The second-order valence-corrected chi connectivity index (χ2v) is 4.42. The molecule has 0 aromatic heterocycles. The lowest BCUT2D eigenvalue weighted by Crippen LogP contribution is -2.37. The van der Waals surface area contributed by atoms with E-state index in [2.05, 4.69) is 43.4 Å². The SMILES string of the molecule is Cc1cccc(C)c1[CH]CN1CCOCC1. The molecule has 16 heavy (non-hydrogen) atoms. The zero-order valence-electron chi connectivity index (χ0n) is 10.2. The number of ether oxygens (including phenoxy) is 1. The molecule has 1 heterocycles. The van der Waals surface area contributed by atoms with Gasteiger partial charge in [-0.05, 0) is 30.5 Å². The van der Waals surface area contributed by atoms with Crippen molar-refractivity contribution in [2.75, 3.05) is 32.8 Å². The van der Waals surface area contributed by atoms with Crippen LogP contribution in [0.25, 0.3) is 0 Å². The van der Waals surface area contributed by atoms with E-state index in [1.54, 1.807) is 0 Å². The van der Waals surface area contributed by atoms with Crippen LogP contribution >= 0.6 is 0 Å². The first-order valence-corrected chi connectivity index (χ1v) is 5.97. The summed E-state index contributed by atoms with van der Waals surface area (Å²) >= 11 is 0. The zero-order valence-corrected chi connectivity index (χ0v) is 10.2. The molecule has 0 aliphatic carbocycles. The van der Waals surface area contributed by atoms with Gasteiger partial charge in [-0.3, -0.25) is 4.90 Å². The van der Waals surface area contributed by atoms with Crippen LogP contribution in [0, 0.1) is 20.3 Å². The molecule has 2 rings (SSSR count). The first-order valence-electron chi connectivity index (χ1n) is 5.97. The number of benzene rings is 1. The smallest absolute Gasteiger partial charge is 0.0594 e. The highest BCUT2D eigenvalue weighted by Crippen LogP contribution is 2.16. The van der Waals surface area contributed by atoms with Gasteiger partial charge in [0.1, 0.15) is 0 Å². The Labute approximate surface area is 98.2 Å². The molecule has 1 saturated heterocycles. The van der Waals surface area contributed by atoms with Crippen LogP contribution in [0.15, 0.2) is 18.2 Å². The minimum atomic E-state index is 0.876. The van der Waals surface area contributed by atoms with Crippen molar-refractivity contribution in [3.8, 4) is 0 Å². The summed E-state index contributed by atoms with van der Waals surface area (Å²) in [7, 11) is 0. The summed E-state index contributed by atoms with van der Waals surface area (Å²) in [6.07, 6.45) is 2.34. The highest BCUT2D eigenvalue weighted by Gasteiger charge is 2.11. The molecule has 0 saturated carbocycles. The molecule has 1 fully saturated rings. The topological polar surface area (TPSA) is 12.5 Å². The Morgan fingerprint density at radius 3 is 2.44 bits per heavy atom. The molecule has 1 aromatic rings. The Bertz CT molecular complexity index is 322. The summed E-state index contributed by atoms with van der Waals surface area (Å²) in [4.78, 5) is 2.44. The maximum atomic E-state index is 5.34. The molecule has 87 valence electrons. The van der Waals surface area contributed by atoms with Crippen molar-refractivity contribution in [3.05, 3.63) is 41.3 Å². The first-order chi connectivity index (χ1) is 7.77. The summed E-state index contributed by atoms with van der Waals surface area (Å²) < 4.78 is 5.34. The van der Waals surface area contributed by atoms with Gasteiger partial charge in [-0.2, -0.15) is 0 Å². The Morgan fingerprint density at radius 2 is 1.81 bits per heavy atom. The average Bonchev–Trinajstić information content (AvgIpc) is 2.30. The highest BCUT2D eigenvalue weighted by molar-refractivity contribution is 5.39. The zero-order chi connectivity index (χ0) is 11.4. The standard InChI is InChI=1S/C14H20NO/c1-12-4-3-5-13(2)14(12)6-7-15-8-10-16-11-9-15/h3-6H,7-11H2,1-2H3. The number of hydrogen-bond donors (Lipinski definition) is 0. The predicted molar refractivity (Wildman–Crippen MR) is 66.6 cm³/mol. The van der Waals surface area contributed by atoms with Crippen molar-refractivity contribution < 1.29 is 4.74 Å². The normalized spacial score (nSPS) is 17.6. The molecular formula is C14H20NO. The van der Waals surface area contributed by atoms with Gasteiger partial charge in [0, 0.05) is 26.1 Å². The average molecular weight is 218 g/mol. The fraction of sp³-hybridized carbons (Fsp3) is 0.500. The summed E-state index contributed by atoms with van der Waals surface area (Å²) in [5.74, 6) is 0. The van der Waals surface area contributed by atoms with Gasteiger partial charge in [0.25, 0.3) is 0 Å². The van der Waals surface area contributed by atoms with Gasteiger partial charge in [-0.15, -0.1) is 0 Å². The van der Waals surface area contributed by atoms with E-state index in [1.165, 1.54) is 16.7 Å². The fourth-order valence-corrected chi connectivity index (χ4v) is 2.15. The van der Waals surface area contributed by atoms with Crippen LogP contribution in [0.1, 0.15) is 16.7 Å².